The van der Waals surface area contributed by atoms with Crippen LogP contribution in [0, 0.1) is 0 Å². The Labute approximate surface area is 118 Å². The van der Waals surface area contributed by atoms with Crippen LogP contribution >= 0.6 is 0 Å². The first-order valence-electron chi connectivity index (χ1n) is 6.35. The van der Waals surface area contributed by atoms with Crippen LogP contribution in [-0.2, 0) is 10.0 Å². The molecule has 0 aromatic heterocycles. The molecule has 0 saturated heterocycles. The summed E-state index contributed by atoms with van der Waals surface area (Å²) in [7, 11) is -3.65. The van der Waals surface area contributed by atoms with Crippen LogP contribution in [-0.4, -0.2) is 33.3 Å². The van der Waals surface area contributed by atoms with Gasteiger partial charge in [0.25, 0.3) is 0 Å². The minimum absolute atomic E-state index is 0.0100. The molecule has 0 saturated carbocycles. The van der Waals surface area contributed by atoms with E-state index in [1.54, 1.807) is 18.2 Å². The van der Waals surface area contributed by atoms with Crippen LogP contribution in [0.1, 0.15) is 6.92 Å². The fourth-order valence-electron chi connectivity index (χ4n) is 2.02. The summed E-state index contributed by atoms with van der Waals surface area (Å²) in [4.78, 5) is 0.185. The van der Waals surface area contributed by atoms with E-state index in [4.69, 9.17) is 9.84 Å². The van der Waals surface area contributed by atoms with Gasteiger partial charge in [-0.25, -0.2) is 13.1 Å². The van der Waals surface area contributed by atoms with Gasteiger partial charge in [0.1, 0.15) is 5.75 Å². The van der Waals surface area contributed by atoms with E-state index in [2.05, 4.69) is 4.72 Å². The maximum atomic E-state index is 12.2. The summed E-state index contributed by atoms with van der Waals surface area (Å²) in [5.74, 6) is 0.657. The van der Waals surface area contributed by atoms with Gasteiger partial charge in [0, 0.05) is 17.3 Å². The van der Waals surface area contributed by atoms with Gasteiger partial charge in [0.15, 0.2) is 0 Å². The Morgan fingerprint density at radius 2 is 1.85 bits per heavy atom. The first-order chi connectivity index (χ1) is 9.60. The zero-order valence-electron chi connectivity index (χ0n) is 11.2. The number of sulfonamides is 1. The van der Waals surface area contributed by atoms with Crippen molar-refractivity contribution in [2.75, 3.05) is 19.8 Å². The van der Waals surface area contributed by atoms with Crippen molar-refractivity contribution in [3.8, 4) is 5.75 Å². The Morgan fingerprint density at radius 3 is 2.50 bits per heavy atom. The highest BCUT2D eigenvalue weighted by Crippen LogP contribution is 2.30. The fourth-order valence-corrected chi connectivity index (χ4v) is 3.25. The molecule has 0 heterocycles. The highest BCUT2D eigenvalue weighted by Gasteiger charge is 2.18. The number of rotatable bonds is 6. The van der Waals surface area contributed by atoms with Gasteiger partial charge < -0.3 is 9.84 Å². The molecule has 0 fully saturated rings. The molecule has 0 bridgehead atoms. The number of aliphatic hydroxyl groups excluding tert-OH is 1. The number of aliphatic hydroxyl groups is 1. The van der Waals surface area contributed by atoms with Crippen molar-refractivity contribution in [3.63, 3.8) is 0 Å². The maximum absolute atomic E-state index is 12.2. The minimum atomic E-state index is -3.65. The third-order valence-electron chi connectivity index (χ3n) is 2.84. The summed E-state index contributed by atoms with van der Waals surface area (Å²) < 4.78 is 32.3. The predicted octanol–water partition coefficient (Wildman–Crippen LogP) is 1.51. The van der Waals surface area contributed by atoms with Crippen molar-refractivity contribution in [1.29, 1.82) is 0 Å². The average molecular weight is 295 g/mol. The second-order valence-corrected chi connectivity index (χ2v) is 5.90. The average Bonchev–Trinajstić information content (AvgIpc) is 2.45. The van der Waals surface area contributed by atoms with Gasteiger partial charge in [-0.2, -0.15) is 0 Å². The van der Waals surface area contributed by atoms with Gasteiger partial charge in [0.2, 0.25) is 10.0 Å². The molecule has 0 amide bonds. The van der Waals surface area contributed by atoms with Gasteiger partial charge in [-0.15, -0.1) is 0 Å². The van der Waals surface area contributed by atoms with Gasteiger partial charge in [-0.3, -0.25) is 0 Å². The summed E-state index contributed by atoms with van der Waals surface area (Å²) in [5.41, 5.74) is 0. The third-order valence-corrected chi connectivity index (χ3v) is 4.36. The first-order valence-corrected chi connectivity index (χ1v) is 7.83. The molecule has 0 aliphatic heterocycles. The third kappa shape index (κ3) is 2.92. The SMILES string of the molecule is CCOc1ccc(S(=O)(=O)NCCO)c2ccccc12. The number of fused-ring (bicyclic) bond motifs is 1. The van der Waals surface area contributed by atoms with Crippen molar-refractivity contribution in [2.24, 2.45) is 0 Å². The Balaban J connectivity index is 2.59. The summed E-state index contributed by atoms with van der Waals surface area (Å²) in [6, 6.07) is 10.4. The van der Waals surface area contributed by atoms with E-state index in [-0.39, 0.29) is 18.0 Å². The van der Waals surface area contributed by atoms with Gasteiger partial charge in [-0.1, -0.05) is 24.3 Å². The Kier molecular flexibility index (Phi) is 4.59. The zero-order valence-corrected chi connectivity index (χ0v) is 12.0. The van der Waals surface area contributed by atoms with Gasteiger partial charge in [0.05, 0.1) is 18.1 Å². The maximum Gasteiger partial charge on any atom is 0.241 e. The van der Waals surface area contributed by atoms with E-state index < -0.39 is 10.0 Å². The predicted molar refractivity (Wildman–Crippen MR) is 77.4 cm³/mol. The number of hydrogen-bond donors (Lipinski definition) is 2. The van der Waals surface area contributed by atoms with Crippen LogP contribution < -0.4 is 9.46 Å². The van der Waals surface area contributed by atoms with Crippen LogP contribution in [0.3, 0.4) is 0 Å². The van der Waals surface area contributed by atoms with Crippen molar-refractivity contribution in [3.05, 3.63) is 36.4 Å². The van der Waals surface area contributed by atoms with Crippen molar-refractivity contribution >= 4 is 20.8 Å². The van der Waals surface area contributed by atoms with Crippen molar-refractivity contribution in [2.45, 2.75) is 11.8 Å². The molecule has 108 valence electrons. The second kappa shape index (κ2) is 6.21. The number of hydrogen-bond acceptors (Lipinski definition) is 4. The molecule has 2 N–H and O–H groups in total. The molecular weight excluding hydrogens is 278 g/mol. The second-order valence-electron chi connectivity index (χ2n) is 4.16. The minimum Gasteiger partial charge on any atom is -0.493 e. The lowest BCUT2D eigenvalue weighted by Crippen LogP contribution is -2.26. The molecule has 2 aromatic carbocycles. The number of ether oxygens (including phenoxy) is 1. The summed E-state index contributed by atoms with van der Waals surface area (Å²) >= 11 is 0. The van der Waals surface area contributed by atoms with Crippen molar-refractivity contribution in [1.82, 2.24) is 4.72 Å². The van der Waals surface area contributed by atoms with Gasteiger partial charge in [-0.05, 0) is 19.1 Å². The molecule has 0 unspecified atom stereocenters. The molecule has 0 spiro atoms. The smallest absolute Gasteiger partial charge is 0.241 e. The molecule has 0 radical (unpaired) electrons. The normalized spacial score (nSPS) is 11.7. The zero-order chi connectivity index (χ0) is 14.6. The Hall–Kier alpha value is -1.63. The van der Waals surface area contributed by atoms with E-state index in [9.17, 15) is 8.42 Å². The fraction of sp³-hybridized carbons (Fsp3) is 0.286. The van der Waals surface area contributed by atoms with Crippen LogP contribution in [0.2, 0.25) is 0 Å². The molecule has 20 heavy (non-hydrogen) atoms. The quantitative estimate of drug-likeness (QED) is 0.847. The van der Waals surface area contributed by atoms with E-state index >= 15 is 0 Å². The summed E-state index contributed by atoms with van der Waals surface area (Å²) in [5, 5.41) is 10.1. The molecule has 2 aromatic rings. The van der Waals surface area contributed by atoms with Crippen LogP contribution in [0.15, 0.2) is 41.3 Å². The van der Waals surface area contributed by atoms with Crippen molar-refractivity contribution < 1.29 is 18.3 Å². The van der Waals surface area contributed by atoms with Gasteiger partial charge >= 0.3 is 0 Å². The molecule has 5 nitrogen and oxygen atoms in total. The van der Waals surface area contributed by atoms with E-state index in [0.717, 1.165) is 5.39 Å². The van der Waals surface area contributed by atoms with Crippen LogP contribution in [0.25, 0.3) is 10.8 Å². The summed E-state index contributed by atoms with van der Waals surface area (Å²) in [6.45, 7) is 2.14. The molecular formula is C14H17NO4S. The highest BCUT2D eigenvalue weighted by atomic mass is 32.2. The molecule has 0 aliphatic rings. The molecule has 2 rings (SSSR count). The molecule has 6 heteroatoms. The Bertz CT molecular complexity index is 697. The highest BCUT2D eigenvalue weighted by molar-refractivity contribution is 7.89. The lowest BCUT2D eigenvalue weighted by Gasteiger charge is -2.12. The van der Waals surface area contributed by atoms with E-state index in [1.165, 1.54) is 6.07 Å². The lowest BCUT2D eigenvalue weighted by atomic mass is 10.1. The lowest BCUT2D eigenvalue weighted by molar-refractivity contribution is 0.301. The number of benzene rings is 2. The van der Waals surface area contributed by atoms with E-state index in [0.29, 0.717) is 17.7 Å². The first kappa shape index (κ1) is 14.8. The molecule has 0 aliphatic carbocycles. The monoisotopic (exact) mass is 295 g/mol. The largest absolute Gasteiger partial charge is 0.493 e. The van der Waals surface area contributed by atoms with Crippen LogP contribution in [0.5, 0.6) is 5.75 Å². The topological polar surface area (TPSA) is 75.6 Å². The number of nitrogens with one attached hydrogen (secondary N) is 1. The Morgan fingerprint density at radius 1 is 1.15 bits per heavy atom. The molecule has 0 atom stereocenters. The standard InChI is InChI=1S/C14H17NO4S/c1-2-19-13-7-8-14(20(17,18)15-9-10-16)12-6-4-3-5-11(12)13/h3-8,15-16H,2,9-10H2,1H3. The van der Waals surface area contributed by atoms with E-state index in [1.807, 2.05) is 19.1 Å². The van der Waals surface area contributed by atoms with Crippen LogP contribution in [0.4, 0.5) is 0 Å². The summed E-state index contributed by atoms with van der Waals surface area (Å²) in [6.07, 6.45) is 0.